The lowest BCUT2D eigenvalue weighted by atomic mass is 10.1. The maximum atomic E-state index is 3.61. The molecule has 2 nitrogen and oxygen atoms in total. The van der Waals surface area contributed by atoms with Crippen molar-refractivity contribution in [2.24, 2.45) is 0 Å². The fourth-order valence-corrected chi connectivity index (χ4v) is 2.86. The van der Waals surface area contributed by atoms with Crippen molar-refractivity contribution in [1.29, 1.82) is 0 Å². The Kier molecular flexibility index (Phi) is 5.92. The summed E-state index contributed by atoms with van der Waals surface area (Å²) in [5, 5.41) is 3.61. The van der Waals surface area contributed by atoms with Gasteiger partial charge in [0.1, 0.15) is 0 Å². The molecule has 0 radical (unpaired) electrons. The third-order valence-electron chi connectivity index (χ3n) is 3.67. The lowest BCUT2D eigenvalue weighted by molar-refractivity contribution is 0.328. The van der Waals surface area contributed by atoms with Crippen molar-refractivity contribution in [3.05, 3.63) is 33.4 Å². The van der Waals surface area contributed by atoms with Crippen LogP contribution in [0.4, 0.5) is 0 Å². The van der Waals surface area contributed by atoms with Gasteiger partial charge < -0.3 is 10.2 Å². The maximum Gasteiger partial charge on any atom is 0.0291 e. The van der Waals surface area contributed by atoms with Crippen LogP contribution in [0.1, 0.15) is 37.8 Å². The van der Waals surface area contributed by atoms with E-state index in [0.29, 0.717) is 6.04 Å². The maximum absolute atomic E-state index is 3.61. The summed E-state index contributed by atoms with van der Waals surface area (Å²) in [4.78, 5) is 2.58. The van der Waals surface area contributed by atoms with E-state index in [1.54, 1.807) is 0 Å². The van der Waals surface area contributed by atoms with E-state index in [-0.39, 0.29) is 0 Å². The highest BCUT2D eigenvalue weighted by Crippen LogP contribution is 2.14. The highest BCUT2D eigenvalue weighted by Gasteiger charge is 2.10. The molecule has 1 aliphatic rings. The van der Waals surface area contributed by atoms with Gasteiger partial charge >= 0.3 is 0 Å². The molecule has 1 N–H and O–H groups in total. The van der Waals surface area contributed by atoms with E-state index >= 15 is 0 Å². The van der Waals surface area contributed by atoms with Crippen LogP contribution in [-0.2, 0) is 0 Å². The Morgan fingerprint density at radius 3 is 2.56 bits per heavy atom. The number of nitrogens with zero attached hydrogens (tertiary/aromatic N) is 1. The third kappa shape index (κ3) is 4.52. The van der Waals surface area contributed by atoms with Crippen molar-refractivity contribution < 1.29 is 0 Å². The van der Waals surface area contributed by atoms with Crippen LogP contribution < -0.4 is 5.32 Å². The molecule has 0 amide bonds. The minimum absolute atomic E-state index is 0.459. The molecule has 100 valence electrons. The lowest BCUT2D eigenvalue weighted by Crippen LogP contribution is -2.26. The number of hydrogen-bond acceptors (Lipinski definition) is 2. The molecule has 1 aliphatic heterocycles. The molecular weight excluding hydrogens is 335 g/mol. The van der Waals surface area contributed by atoms with E-state index in [1.165, 1.54) is 48.0 Å². The van der Waals surface area contributed by atoms with E-state index in [4.69, 9.17) is 0 Å². The molecule has 1 heterocycles. The average molecular weight is 358 g/mol. The lowest BCUT2D eigenvalue weighted by Gasteiger charge is -2.17. The van der Waals surface area contributed by atoms with Crippen LogP contribution in [0.3, 0.4) is 0 Å². The van der Waals surface area contributed by atoms with Crippen molar-refractivity contribution >= 4 is 22.6 Å². The van der Waals surface area contributed by atoms with Crippen LogP contribution in [0, 0.1) is 3.57 Å². The first-order chi connectivity index (χ1) is 8.75. The summed E-state index contributed by atoms with van der Waals surface area (Å²) in [6, 6.07) is 9.26. The first kappa shape index (κ1) is 14.3. The zero-order chi connectivity index (χ0) is 12.8. The van der Waals surface area contributed by atoms with Gasteiger partial charge in [0.25, 0.3) is 0 Å². The van der Waals surface area contributed by atoms with Gasteiger partial charge in [-0.25, -0.2) is 0 Å². The van der Waals surface area contributed by atoms with Crippen molar-refractivity contribution in [3.8, 4) is 0 Å². The Morgan fingerprint density at radius 2 is 1.89 bits per heavy atom. The average Bonchev–Trinajstić information content (AvgIpc) is 2.88. The third-order valence-corrected chi connectivity index (χ3v) is 4.39. The monoisotopic (exact) mass is 358 g/mol. The zero-order valence-electron chi connectivity index (χ0n) is 11.2. The summed E-state index contributed by atoms with van der Waals surface area (Å²) in [6.07, 6.45) is 4.05. The zero-order valence-corrected chi connectivity index (χ0v) is 13.3. The van der Waals surface area contributed by atoms with Crippen molar-refractivity contribution in [1.82, 2.24) is 10.2 Å². The minimum atomic E-state index is 0.459. The Balaban J connectivity index is 1.64. The second kappa shape index (κ2) is 7.46. The van der Waals surface area contributed by atoms with Gasteiger partial charge in [0.15, 0.2) is 0 Å². The van der Waals surface area contributed by atoms with Crippen molar-refractivity contribution in [2.45, 2.75) is 32.2 Å². The number of halogens is 1. The first-order valence-electron chi connectivity index (χ1n) is 6.97. The van der Waals surface area contributed by atoms with E-state index in [1.807, 2.05) is 0 Å². The summed E-state index contributed by atoms with van der Waals surface area (Å²) in [5.74, 6) is 0. The van der Waals surface area contributed by atoms with Gasteiger partial charge in [-0.2, -0.15) is 0 Å². The molecule has 0 saturated carbocycles. The summed E-state index contributed by atoms with van der Waals surface area (Å²) in [5.41, 5.74) is 1.39. The summed E-state index contributed by atoms with van der Waals surface area (Å²) < 4.78 is 1.30. The van der Waals surface area contributed by atoms with Crippen LogP contribution in [-0.4, -0.2) is 31.1 Å². The highest BCUT2D eigenvalue weighted by atomic mass is 127. The second-order valence-corrected chi connectivity index (χ2v) is 6.38. The summed E-state index contributed by atoms with van der Waals surface area (Å²) in [7, 11) is 0. The number of hydrogen-bond donors (Lipinski definition) is 1. The number of rotatable bonds is 6. The highest BCUT2D eigenvalue weighted by molar-refractivity contribution is 14.1. The Bertz CT molecular complexity index is 344. The molecule has 0 bridgehead atoms. The predicted molar refractivity (Wildman–Crippen MR) is 85.9 cm³/mol. The van der Waals surface area contributed by atoms with Crippen LogP contribution in [0.5, 0.6) is 0 Å². The number of benzene rings is 1. The number of likely N-dealkylation sites (tertiary alicyclic amines) is 1. The van der Waals surface area contributed by atoms with E-state index in [2.05, 4.69) is 64.0 Å². The molecule has 1 atom stereocenters. The van der Waals surface area contributed by atoms with Gasteiger partial charge in [-0.1, -0.05) is 12.1 Å². The van der Waals surface area contributed by atoms with E-state index < -0.39 is 0 Å². The Labute approximate surface area is 124 Å². The van der Waals surface area contributed by atoms with E-state index in [0.717, 1.165) is 6.54 Å². The first-order valence-corrected chi connectivity index (χ1v) is 8.05. The van der Waals surface area contributed by atoms with Crippen molar-refractivity contribution in [2.75, 3.05) is 26.2 Å². The molecule has 0 aromatic heterocycles. The molecular formula is C15H23IN2. The van der Waals surface area contributed by atoms with E-state index in [9.17, 15) is 0 Å². The van der Waals surface area contributed by atoms with Gasteiger partial charge in [0, 0.05) is 9.61 Å². The van der Waals surface area contributed by atoms with Crippen molar-refractivity contribution in [3.63, 3.8) is 0 Å². The second-order valence-electron chi connectivity index (χ2n) is 5.13. The summed E-state index contributed by atoms with van der Waals surface area (Å²) in [6.45, 7) is 7.24. The largest absolute Gasteiger partial charge is 0.310 e. The Hall–Kier alpha value is -0.130. The summed E-state index contributed by atoms with van der Waals surface area (Å²) >= 11 is 2.35. The van der Waals surface area contributed by atoms with Crippen LogP contribution >= 0.6 is 22.6 Å². The van der Waals surface area contributed by atoms with Gasteiger partial charge in [0.05, 0.1) is 0 Å². The molecule has 2 rings (SSSR count). The Morgan fingerprint density at radius 1 is 1.22 bits per heavy atom. The molecule has 3 heteroatoms. The smallest absolute Gasteiger partial charge is 0.0291 e. The van der Waals surface area contributed by atoms with Crippen LogP contribution in [0.25, 0.3) is 0 Å². The van der Waals surface area contributed by atoms with Gasteiger partial charge in [-0.3, -0.25) is 0 Å². The number of nitrogens with one attached hydrogen (secondary N) is 1. The van der Waals surface area contributed by atoms with Crippen LogP contribution in [0.15, 0.2) is 24.3 Å². The van der Waals surface area contributed by atoms with Gasteiger partial charge in [-0.15, -0.1) is 0 Å². The predicted octanol–water partition coefficient (Wildman–Crippen LogP) is 3.43. The molecule has 18 heavy (non-hydrogen) atoms. The normalized spacial score (nSPS) is 18.1. The topological polar surface area (TPSA) is 15.3 Å². The molecule has 1 aromatic rings. The molecule has 1 unspecified atom stereocenters. The SMILES string of the molecule is CC(NCCCN1CCCC1)c1ccc(I)cc1. The van der Waals surface area contributed by atoms with Gasteiger partial charge in [-0.05, 0) is 92.7 Å². The van der Waals surface area contributed by atoms with Gasteiger partial charge in [0.2, 0.25) is 0 Å². The minimum Gasteiger partial charge on any atom is -0.310 e. The fourth-order valence-electron chi connectivity index (χ4n) is 2.50. The van der Waals surface area contributed by atoms with Crippen LogP contribution in [0.2, 0.25) is 0 Å². The quantitative estimate of drug-likeness (QED) is 0.619. The molecule has 1 saturated heterocycles. The fraction of sp³-hybridized carbons (Fsp3) is 0.600. The standard InChI is InChI=1S/C15H23IN2/c1-13(14-5-7-15(16)8-6-14)17-9-4-12-18-10-2-3-11-18/h5-8,13,17H,2-4,9-12H2,1H3. The molecule has 0 spiro atoms. The molecule has 0 aliphatic carbocycles. The molecule has 1 aromatic carbocycles. The molecule has 1 fully saturated rings.